The van der Waals surface area contributed by atoms with Crippen molar-refractivity contribution in [2.24, 2.45) is 16.5 Å². The molecular formula is C33H54N10O8S. The van der Waals surface area contributed by atoms with Crippen LogP contribution in [0.1, 0.15) is 70.6 Å². The van der Waals surface area contributed by atoms with Gasteiger partial charge in [0.1, 0.15) is 30.2 Å². The summed E-state index contributed by atoms with van der Waals surface area (Å²) in [6.45, 7) is 1.55. The van der Waals surface area contributed by atoms with Gasteiger partial charge in [-0.05, 0) is 89.2 Å². The molecule has 0 spiro atoms. The second kappa shape index (κ2) is 19.6. The predicted octanol–water partition coefficient (Wildman–Crippen LogP) is -2.31. The average Bonchev–Trinajstić information content (AvgIpc) is 3.96. The summed E-state index contributed by atoms with van der Waals surface area (Å²) in [5, 5.41) is 20.9. The molecular weight excluding hydrogens is 696 g/mol. The van der Waals surface area contributed by atoms with Gasteiger partial charge in [-0.3, -0.25) is 33.8 Å². The van der Waals surface area contributed by atoms with Crippen LogP contribution in [0.5, 0.6) is 0 Å². The summed E-state index contributed by atoms with van der Waals surface area (Å²) in [4.78, 5) is 101. The van der Waals surface area contributed by atoms with Crippen LogP contribution in [0.2, 0.25) is 0 Å². The van der Waals surface area contributed by atoms with Gasteiger partial charge in [-0.25, -0.2) is 4.79 Å². The highest BCUT2D eigenvalue weighted by Crippen LogP contribution is 2.26. The number of thioether (sulfide) groups is 1. The van der Waals surface area contributed by atoms with Crippen LogP contribution in [-0.2, 0) is 33.6 Å². The van der Waals surface area contributed by atoms with Gasteiger partial charge in [0.25, 0.3) is 0 Å². The highest BCUT2D eigenvalue weighted by atomic mass is 32.2. The minimum absolute atomic E-state index is 0.110. The smallest absolute Gasteiger partial charge is 0.326 e. The fraction of sp³-hybridized carbons (Fsp3) is 0.758. The molecule has 0 aliphatic carbocycles. The van der Waals surface area contributed by atoms with E-state index in [4.69, 9.17) is 11.5 Å². The van der Waals surface area contributed by atoms with Crippen molar-refractivity contribution in [1.82, 2.24) is 36.0 Å². The number of carboxylic acid groups (broad SMARTS) is 1. The van der Waals surface area contributed by atoms with E-state index >= 15 is 0 Å². The highest BCUT2D eigenvalue weighted by Gasteiger charge is 2.44. The minimum atomic E-state index is -1.09. The summed E-state index contributed by atoms with van der Waals surface area (Å²) < 4.78 is 0. The third-order valence-corrected chi connectivity index (χ3v) is 10.7. The molecule has 0 aromatic heterocycles. The Labute approximate surface area is 307 Å². The lowest BCUT2D eigenvalue weighted by atomic mass is 10.1. The average molecular weight is 751 g/mol. The number of carbonyl (C=O) groups is 7. The number of likely N-dealkylation sites (tertiary alicyclic amines) is 3. The summed E-state index contributed by atoms with van der Waals surface area (Å²) in [7, 11) is 0. The van der Waals surface area contributed by atoms with Crippen molar-refractivity contribution in [3.8, 4) is 0 Å². The zero-order valence-corrected chi connectivity index (χ0v) is 30.7. The van der Waals surface area contributed by atoms with Gasteiger partial charge < -0.3 is 52.5 Å². The molecule has 52 heavy (non-hydrogen) atoms. The molecule has 0 aromatic carbocycles. The van der Waals surface area contributed by atoms with Gasteiger partial charge in [0.15, 0.2) is 5.96 Å². The first kappa shape index (κ1) is 40.6. The number of hydrogen-bond acceptors (Lipinski definition) is 10. The Morgan fingerprint density at radius 3 is 2.12 bits per heavy atom. The van der Waals surface area contributed by atoms with Crippen LogP contribution in [0, 0.1) is 0 Å². The topological polar surface area (TPSA) is 262 Å². The zero-order chi connectivity index (χ0) is 37.8. The predicted molar refractivity (Wildman–Crippen MR) is 193 cm³/mol. The lowest BCUT2D eigenvalue weighted by molar-refractivity contribution is -0.152. The highest BCUT2D eigenvalue weighted by molar-refractivity contribution is 7.98. The summed E-state index contributed by atoms with van der Waals surface area (Å²) in [6, 6.07) is -4.91. The molecule has 0 radical (unpaired) electrons. The Bertz CT molecular complexity index is 1360. The third-order valence-electron chi connectivity index (χ3n) is 10.1. The van der Waals surface area contributed by atoms with Gasteiger partial charge in [0.05, 0.1) is 12.6 Å². The van der Waals surface area contributed by atoms with Crippen LogP contribution in [0.4, 0.5) is 0 Å². The van der Waals surface area contributed by atoms with Crippen molar-refractivity contribution < 1.29 is 38.7 Å². The van der Waals surface area contributed by atoms with Crippen LogP contribution in [0.3, 0.4) is 0 Å². The van der Waals surface area contributed by atoms with E-state index in [0.29, 0.717) is 63.8 Å². The van der Waals surface area contributed by atoms with Crippen LogP contribution in [0.15, 0.2) is 4.99 Å². The fourth-order valence-corrected chi connectivity index (χ4v) is 7.90. The number of aliphatic imine (C=N–C) groups is 1. The van der Waals surface area contributed by atoms with Gasteiger partial charge in [0.2, 0.25) is 35.4 Å². The van der Waals surface area contributed by atoms with Crippen molar-refractivity contribution in [3.05, 3.63) is 0 Å². The largest absolute Gasteiger partial charge is 0.480 e. The van der Waals surface area contributed by atoms with Gasteiger partial charge >= 0.3 is 5.97 Å². The number of carbonyl (C=O) groups excluding carboxylic acids is 6. The molecule has 6 atom stereocenters. The first-order valence-corrected chi connectivity index (χ1v) is 19.6. The molecule has 0 unspecified atom stereocenters. The molecule has 290 valence electrons. The van der Waals surface area contributed by atoms with E-state index in [9.17, 15) is 38.7 Å². The second-order valence-corrected chi connectivity index (χ2v) is 14.7. The summed E-state index contributed by atoms with van der Waals surface area (Å²) >= 11 is 1.46. The van der Waals surface area contributed by atoms with Crippen molar-refractivity contribution in [2.45, 2.75) is 107 Å². The monoisotopic (exact) mass is 750 g/mol. The summed E-state index contributed by atoms with van der Waals surface area (Å²) in [5.41, 5.74) is 10.9. The maximum atomic E-state index is 14.0. The standard InChI is InChI=1S/C33H54N10O8S/c1-52-18-12-20(39-26(44)19-38-28(46)23-9-4-15-41(23)29(47)21-7-2-13-36-21)27(45)40-22(8-3-14-37-33(34)35)30(48)42-16-5-10-24(42)31(49)43-17-6-11-25(43)32(50)51/h20-25,36H,2-19H2,1H3,(H,38,46)(H,39,44)(H,40,45)(H,50,51)(H4,34,35,37)/t20-,21-,22-,23-,24-,25-/m0/s1. The maximum absolute atomic E-state index is 14.0. The maximum Gasteiger partial charge on any atom is 0.326 e. The summed E-state index contributed by atoms with van der Waals surface area (Å²) in [6.07, 6.45) is 7.11. The van der Waals surface area contributed by atoms with Crippen molar-refractivity contribution in [3.63, 3.8) is 0 Å². The molecule has 0 aromatic rings. The number of aliphatic carboxylic acids is 1. The van der Waals surface area contributed by atoms with E-state index in [-0.39, 0.29) is 43.8 Å². The van der Waals surface area contributed by atoms with E-state index < -0.39 is 72.3 Å². The first-order chi connectivity index (χ1) is 24.9. The van der Waals surface area contributed by atoms with Crippen LogP contribution >= 0.6 is 11.8 Å². The molecule has 6 amide bonds. The lowest BCUT2D eigenvalue weighted by Crippen LogP contribution is -2.58. The first-order valence-electron chi connectivity index (χ1n) is 18.2. The van der Waals surface area contributed by atoms with Crippen LogP contribution in [0.25, 0.3) is 0 Å². The molecule has 4 aliphatic heterocycles. The van der Waals surface area contributed by atoms with Crippen LogP contribution in [-0.4, -0.2) is 155 Å². The molecule has 0 bridgehead atoms. The van der Waals surface area contributed by atoms with Crippen molar-refractivity contribution in [1.29, 1.82) is 0 Å². The Morgan fingerprint density at radius 2 is 1.48 bits per heavy atom. The van der Waals surface area contributed by atoms with E-state index in [1.807, 2.05) is 6.26 Å². The molecule has 18 nitrogen and oxygen atoms in total. The molecule has 4 rings (SSSR count). The number of nitrogens with zero attached hydrogens (tertiary/aromatic N) is 4. The number of nitrogens with two attached hydrogens (primary N) is 2. The van der Waals surface area contributed by atoms with Crippen LogP contribution < -0.4 is 32.7 Å². The molecule has 4 heterocycles. The van der Waals surface area contributed by atoms with Gasteiger partial charge in [-0.2, -0.15) is 11.8 Å². The number of carboxylic acids is 1. The van der Waals surface area contributed by atoms with Crippen molar-refractivity contribution in [2.75, 3.05) is 51.3 Å². The van der Waals surface area contributed by atoms with E-state index in [2.05, 4.69) is 26.3 Å². The Hall–Kier alpha value is -4.13. The number of rotatable bonds is 17. The van der Waals surface area contributed by atoms with Gasteiger partial charge in [0, 0.05) is 26.2 Å². The second-order valence-electron chi connectivity index (χ2n) is 13.7. The van der Waals surface area contributed by atoms with Gasteiger partial charge in [-0.1, -0.05) is 0 Å². The van der Waals surface area contributed by atoms with Gasteiger partial charge in [-0.15, -0.1) is 0 Å². The van der Waals surface area contributed by atoms with E-state index in [1.54, 1.807) is 4.90 Å². The Morgan fingerprint density at radius 1 is 0.827 bits per heavy atom. The normalized spacial score (nSPS) is 23.9. The van der Waals surface area contributed by atoms with E-state index in [0.717, 1.165) is 19.4 Å². The SMILES string of the molecule is CSCC[C@H](NC(=O)CNC(=O)[C@@H]1CCCN1C(=O)[C@@H]1CCCN1)C(=O)N[C@@H](CCCN=C(N)N)C(=O)N1CCC[C@H]1C(=O)N1CCC[C@H]1C(=O)O. The number of hydrogen-bond donors (Lipinski definition) is 7. The molecule has 9 N–H and O–H groups in total. The lowest BCUT2D eigenvalue weighted by Gasteiger charge is -2.32. The number of amides is 6. The number of guanidine groups is 1. The van der Waals surface area contributed by atoms with E-state index in [1.165, 1.54) is 21.6 Å². The number of nitrogens with one attached hydrogen (secondary N) is 4. The zero-order valence-electron chi connectivity index (χ0n) is 29.8. The third kappa shape index (κ3) is 10.7. The van der Waals surface area contributed by atoms with Crippen molar-refractivity contribution >= 4 is 59.1 Å². The molecule has 0 saturated carbocycles. The molecule has 19 heteroatoms. The quantitative estimate of drug-likeness (QED) is 0.0470. The fourth-order valence-electron chi connectivity index (χ4n) is 7.43. The Kier molecular flexibility index (Phi) is 15.3. The Balaban J connectivity index is 1.40. The molecule has 4 saturated heterocycles. The molecule has 4 fully saturated rings. The summed E-state index contributed by atoms with van der Waals surface area (Å²) in [5.74, 6) is -3.39. The molecule has 4 aliphatic rings. The minimum Gasteiger partial charge on any atom is -0.480 e.